The quantitative estimate of drug-likeness (QED) is 0.348. The average molecular weight is 149 g/mol. The Morgan fingerprint density at radius 2 is 1.67 bits per heavy atom. The van der Waals surface area contributed by atoms with Gasteiger partial charge in [-0.05, 0) is 0 Å². The van der Waals surface area contributed by atoms with Crippen molar-refractivity contribution in [1.29, 1.82) is 0 Å². The molecule has 5 heteroatoms. The van der Waals surface area contributed by atoms with Crippen LogP contribution in [0.25, 0.3) is 0 Å². The van der Waals surface area contributed by atoms with Gasteiger partial charge in [-0.1, -0.05) is 0 Å². The van der Waals surface area contributed by atoms with Crippen molar-refractivity contribution in [3.63, 3.8) is 0 Å². The summed E-state index contributed by atoms with van der Waals surface area (Å²) in [5.41, 5.74) is 0. The number of hydrogen-bond donors (Lipinski definition) is 1. The van der Waals surface area contributed by atoms with Gasteiger partial charge in [-0.15, -0.1) is 0 Å². The molecule has 0 aromatic rings. The van der Waals surface area contributed by atoms with Crippen molar-refractivity contribution in [2.24, 2.45) is 0 Å². The average Bonchev–Trinajstić information content (AvgIpc) is 0.722. The zero-order valence-electron chi connectivity index (χ0n) is 3.21. The second kappa shape index (κ2) is 3.08. The first-order chi connectivity index (χ1) is 2.00. The third kappa shape index (κ3) is 77.6. The van der Waals surface area contributed by atoms with Crippen molar-refractivity contribution in [1.82, 2.24) is 0 Å². The summed E-state index contributed by atoms with van der Waals surface area (Å²) < 4.78 is 0. The molecular formula is CH10O3PTi-. The Hall–Kier alpha value is 1.02. The molecule has 0 saturated heterocycles. The predicted octanol–water partition coefficient (Wildman–Crippen LogP) is -1.17. The molecule has 0 aliphatic heterocycles. The van der Waals surface area contributed by atoms with Crippen molar-refractivity contribution >= 4 is 7.94 Å². The third-order valence-electron chi connectivity index (χ3n) is 0. The minimum absolute atomic E-state index is 0. The molecule has 0 fully saturated rings. The van der Waals surface area contributed by atoms with E-state index in [1.54, 1.807) is 0 Å². The van der Waals surface area contributed by atoms with E-state index < -0.39 is 7.94 Å². The van der Waals surface area contributed by atoms with E-state index in [1.165, 1.54) is 0 Å². The van der Waals surface area contributed by atoms with Crippen LogP contribution in [0, 0.1) is 0 Å². The van der Waals surface area contributed by atoms with Gasteiger partial charge in [-0.2, -0.15) is 0 Å². The molecule has 6 heavy (non-hydrogen) atoms. The normalized spacial score (nSPS) is 10.0. The van der Waals surface area contributed by atoms with Crippen LogP contribution in [0.1, 0.15) is 4.28 Å². The molecule has 0 aromatic heterocycles. The van der Waals surface area contributed by atoms with Crippen molar-refractivity contribution in [2.75, 3.05) is 6.66 Å². The summed E-state index contributed by atoms with van der Waals surface area (Å²) in [4.78, 5) is 26.0. The van der Waals surface area contributed by atoms with Crippen LogP contribution in [-0.2, 0) is 21.7 Å². The molecule has 0 atom stereocenters. The molecule has 0 rings (SSSR count). The maximum absolute atomic E-state index is 9.22. The Balaban J connectivity index is -0.0000000133. The van der Waals surface area contributed by atoms with Crippen molar-refractivity contribution < 1.29 is 40.7 Å². The largest absolute Gasteiger partial charge is 0.660 e. The van der Waals surface area contributed by atoms with Gasteiger partial charge >= 0.3 is 0 Å². The molecular weight excluding hydrogens is 139 g/mol. The molecule has 1 N–H and O–H groups in total. The van der Waals surface area contributed by atoms with Crippen LogP contribution < -0.4 is 9.79 Å². The minimum Gasteiger partial charge on any atom is -0.660 e. The fourth-order valence-corrected chi connectivity index (χ4v) is 0. The van der Waals surface area contributed by atoms with Crippen LogP contribution in [0.5, 0.6) is 0 Å². The van der Waals surface area contributed by atoms with Crippen LogP contribution in [0.4, 0.5) is 0 Å². The maximum Gasteiger partial charge on any atom is 0.0658 e. The van der Waals surface area contributed by atoms with Gasteiger partial charge in [0.15, 0.2) is 0 Å². The third-order valence-corrected chi connectivity index (χ3v) is 0. The topological polar surface area (TPSA) is 66.3 Å². The van der Waals surface area contributed by atoms with Crippen molar-refractivity contribution in [3.8, 4) is 0 Å². The van der Waals surface area contributed by atoms with E-state index in [2.05, 4.69) is 0 Å². The summed E-state index contributed by atoms with van der Waals surface area (Å²) in [7, 11) is -3.89. The molecule has 0 saturated carbocycles. The molecule has 0 aliphatic carbocycles. The van der Waals surface area contributed by atoms with Crippen LogP contribution in [0.15, 0.2) is 0 Å². The smallest absolute Gasteiger partial charge is 0.0658 e. The molecule has 0 radical (unpaired) electrons. The first kappa shape index (κ1) is 10.1. The summed E-state index contributed by atoms with van der Waals surface area (Å²) in [6.45, 7) is 0.743. The molecule has 0 heterocycles. The Labute approximate surface area is 55.9 Å². The fourth-order valence-electron chi connectivity index (χ4n) is 0. The van der Waals surface area contributed by atoms with E-state index in [0.29, 0.717) is 0 Å². The van der Waals surface area contributed by atoms with Gasteiger partial charge in [0.2, 0.25) is 0 Å². The van der Waals surface area contributed by atoms with E-state index in [1.807, 2.05) is 0 Å². The summed E-state index contributed by atoms with van der Waals surface area (Å²) in [6.07, 6.45) is 0. The molecule has 0 aliphatic rings. The van der Waals surface area contributed by atoms with Crippen LogP contribution in [-0.4, -0.2) is 11.6 Å². The Kier molecular flexibility index (Phi) is 5.19. The molecule has 0 bridgehead atoms. The monoisotopic (exact) mass is 149 g/mol. The van der Waals surface area contributed by atoms with E-state index in [9.17, 15) is 9.79 Å². The summed E-state index contributed by atoms with van der Waals surface area (Å²) in [5, 5.41) is 0. The van der Waals surface area contributed by atoms with Gasteiger partial charge in [0.05, 0.1) is 6.66 Å². The van der Waals surface area contributed by atoms with Gasteiger partial charge in [-0.3, -0.25) is 4.89 Å². The summed E-state index contributed by atoms with van der Waals surface area (Å²) in [5.74, 6) is 0. The van der Waals surface area contributed by atoms with E-state index in [-0.39, 0.29) is 26.0 Å². The fraction of sp³-hybridized carbons (Fsp3) is 1.00. The predicted molar refractivity (Wildman–Crippen MR) is 21.4 cm³/mol. The van der Waals surface area contributed by atoms with Crippen molar-refractivity contribution in [3.05, 3.63) is 0 Å². The Morgan fingerprint density at radius 1 is 1.67 bits per heavy atom. The van der Waals surface area contributed by atoms with Crippen LogP contribution >= 0.6 is 7.94 Å². The van der Waals surface area contributed by atoms with Gasteiger partial charge in [0.25, 0.3) is 0 Å². The Morgan fingerprint density at radius 3 is 1.67 bits per heavy atom. The number of rotatable bonds is 0. The molecule has 42 valence electrons. The second-order valence-electron chi connectivity index (χ2n) is 0.803. The molecule has 0 aromatic carbocycles. The SMILES string of the molecule is C[P+]([O-])([O-])O.[HH].[HH].[HH].[Ti]. The van der Waals surface area contributed by atoms with Gasteiger partial charge < -0.3 is 9.79 Å². The Bertz CT molecular complexity index is 34.5. The zero-order chi connectivity index (χ0) is 4.50. The van der Waals surface area contributed by atoms with Crippen molar-refractivity contribution in [2.45, 2.75) is 0 Å². The minimum atomic E-state index is -3.89. The maximum atomic E-state index is 9.22. The number of hydrogen-bond acceptors (Lipinski definition) is 3. The summed E-state index contributed by atoms with van der Waals surface area (Å²) in [6, 6.07) is 0. The van der Waals surface area contributed by atoms with E-state index >= 15 is 0 Å². The second-order valence-corrected chi connectivity index (χ2v) is 2.41. The first-order valence-corrected chi connectivity index (χ1v) is 3.04. The summed E-state index contributed by atoms with van der Waals surface area (Å²) >= 11 is 0. The molecule has 3 nitrogen and oxygen atoms in total. The standard InChI is InChI=1S/CH5O3P.Ti.3H2/c1-5(2,3)4;;;;/h1H3,(H2,2,3,4);;3*1H/p-1. The van der Waals surface area contributed by atoms with E-state index in [0.717, 1.165) is 6.66 Å². The van der Waals surface area contributed by atoms with Gasteiger partial charge in [0, 0.05) is 33.9 Å². The molecule has 0 unspecified atom stereocenters. The van der Waals surface area contributed by atoms with Gasteiger partial charge in [0.1, 0.15) is 0 Å². The molecule has 0 amide bonds. The van der Waals surface area contributed by atoms with E-state index in [4.69, 9.17) is 4.89 Å². The first-order valence-electron chi connectivity index (χ1n) is 1.01. The van der Waals surface area contributed by atoms with Gasteiger partial charge in [-0.25, -0.2) is 0 Å². The molecule has 0 spiro atoms. The zero-order valence-corrected chi connectivity index (χ0v) is 5.67. The van der Waals surface area contributed by atoms with Crippen LogP contribution in [0.2, 0.25) is 0 Å². The van der Waals surface area contributed by atoms with Crippen LogP contribution in [0.3, 0.4) is 0 Å².